The summed E-state index contributed by atoms with van der Waals surface area (Å²) in [7, 11) is 0. The van der Waals surface area contributed by atoms with Crippen molar-refractivity contribution in [3.05, 3.63) is 58.6 Å². The van der Waals surface area contributed by atoms with Gasteiger partial charge < -0.3 is 0 Å². The van der Waals surface area contributed by atoms with E-state index in [2.05, 4.69) is 4.98 Å². The number of hydrogen-bond acceptors (Lipinski definition) is 3. The molecular weight excluding hydrogens is 263 g/mol. The lowest BCUT2D eigenvalue weighted by atomic mass is 10.0. The molecule has 0 saturated carbocycles. The summed E-state index contributed by atoms with van der Waals surface area (Å²) >= 11 is 1.53. The van der Waals surface area contributed by atoms with Gasteiger partial charge in [-0.25, -0.2) is 9.37 Å². The second-order valence-electron chi connectivity index (χ2n) is 4.39. The first-order chi connectivity index (χ1) is 9.13. The first-order valence-electron chi connectivity index (χ1n) is 5.84. The number of fused-ring (bicyclic) bond motifs is 1. The third-order valence-electron chi connectivity index (χ3n) is 2.96. The highest BCUT2D eigenvalue weighted by Gasteiger charge is 2.11. The molecule has 0 atom stereocenters. The van der Waals surface area contributed by atoms with Gasteiger partial charge in [-0.3, -0.25) is 9.20 Å². The van der Waals surface area contributed by atoms with Crippen LogP contribution in [0, 0.1) is 12.7 Å². The molecule has 2 aromatic heterocycles. The molecular formula is C14H11FN2OS. The van der Waals surface area contributed by atoms with Gasteiger partial charge >= 0.3 is 0 Å². The maximum Gasteiger partial charge on any atom is 0.193 e. The number of thiazole rings is 1. The number of aromatic nitrogens is 2. The molecule has 3 nitrogen and oxygen atoms in total. The molecule has 96 valence electrons. The number of carbonyl (C=O) groups excluding carboxylic acids is 1. The molecule has 2 heterocycles. The molecule has 0 radical (unpaired) electrons. The molecule has 19 heavy (non-hydrogen) atoms. The minimum atomic E-state index is -0.293. The summed E-state index contributed by atoms with van der Waals surface area (Å²) in [5.41, 5.74) is 1.74. The normalized spacial score (nSPS) is 11.1. The molecule has 3 rings (SSSR count). The van der Waals surface area contributed by atoms with Gasteiger partial charge in [0.25, 0.3) is 0 Å². The number of hydrogen-bond donors (Lipinski definition) is 0. The Hall–Kier alpha value is -2.01. The van der Waals surface area contributed by atoms with Crippen molar-refractivity contribution in [2.75, 3.05) is 0 Å². The van der Waals surface area contributed by atoms with Crippen molar-refractivity contribution in [2.45, 2.75) is 13.3 Å². The van der Waals surface area contributed by atoms with E-state index in [4.69, 9.17) is 0 Å². The van der Waals surface area contributed by atoms with Gasteiger partial charge in [0.15, 0.2) is 10.7 Å². The molecule has 0 amide bonds. The Balaban J connectivity index is 1.84. The second kappa shape index (κ2) is 4.59. The Morgan fingerprint density at radius 2 is 2.32 bits per heavy atom. The molecule has 5 heteroatoms. The minimum Gasteiger partial charge on any atom is -0.297 e. The molecule has 0 N–H and O–H groups in total. The topological polar surface area (TPSA) is 34.4 Å². The fourth-order valence-electron chi connectivity index (χ4n) is 1.95. The van der Waals surface area contributed by atoms with Crippen LogP contribution in [0.25, 0.3) is 4.96 Å². The third kappa shape index (κ3) is 2.29. The van der Waals surface area contributed by atoms with Crippen molar-refractivity contribution in [1.29, 1.82) is 0 Å². The first-order valence-corrected chi connectivity index (χ1v) is 6.72. The first kappa shape index (κ1) is 12.0. The van der Waals surface area contributed by atoms with E-state index in [1.54, 1.807) is 13.0 Å². The van der Waals surface area contributed by atoms with Crippen molar-refractivity contribution in [1.82, 2.24) is 9.38 Å². The van der Waals surface area contributed by atoms with Gasteiger partial charge in [0.1, 0.15) is 5.82 Å². The number of rotatable bonds is 3. The quantitative estimate of drug-likeness (QED) is 0.687. The number of Topliss-reactive ketones (excluding diaryl/α,β-unsaturated/α-hetero) is 1. The molecule has 3 aromatic rings. The third-order valence-corrected chi connectivity index (χ3v) is 3.74. The summed E-state index contributed by atoms with van der Waals surface area (Å²) in [6, 6.07) is 4.42. The average Bonchev–Trinajstić information content (AvgIpc) is 2.93. The lowest BCUT2D eigenvalue weighted by Crippen LogP contribution is -2.04. The standard InChI is InChI=1S/C14H11FN2OS/c1-9-6-10(2-3-12(9)15)13(18)7-11-8-17-4-5-19-14(17)16-11/h2-6,8H,7H2,1H3. The van der Waals surface area contributed by atoms with Gasteiger partial charge in [0.2, 0.25) is 0 Å². The van der Waals surface area contributed by atoms with Gasteiger partial charge in [-0.2, -0.15) is 0 Å². The highest BCUT2D eigenvalue weighted by Crippen LogP contribution is 2.15. The van der Waals surface area contributed by atoms with Crippen LogP contribution in [-0.4, -0.2) is 15.2 Å². The van der Waals surface area contributed by atoms with Crippen molar-refractivity contribution in [3.8, 4) is 0 Å². The van der Waals surface area contributed by atoms with Crippen LogP contribution < -0.4 is 0 Å². The summed E-state index contributed by atoms with van der Waals surface area (Å²) < 4.78 is 15.1. The Labute approximate surface area is 113 Å². The number of nitrogens with zero attached hydrogens (tertiary/aromatic N) is 2. The number of benzene rings is 1. The zero-order valence-electron chi connectivity index (χ0n) is 10.3. The highest BCUT2D eigenvalue weighted by atomic mass is 32.1. The maximum absolute atomic E-state index is 13.2. The molecule has 0 spiro atoms. The average molecular weight is 274 g/mol. The molecule has 1 aromatic carbocycles. The molecule has 0 fully saturated rings. The fourth-order valence-corrected chi connectivity index (χ4v) is 2.66. The van der Waals surface area contributed by atoms with Crippen molar-refractivity contribution in [3.63, 3.8) is 0 Å². The maximum atomic E-state index is 13.2. The Kier molecular flexibility index (Phi) is 2.91. The van der Waals surface area contributed by atoms with Crippen LogP contribution in [0.2, 0.25) is 0 Å². The van der Waals surface area contributed by atoms with Crippen molar-refractivity contribution in [2.24, 2.45) is 0 Å². The van der Waals surface area contributed by atoms with E-state index in [9.17, 15) is 9.18 Å². The van der Waals surface area contributed by atoms with Gasteiger partial charge in [0, 0.05) is 23.3 Å². The number of aryl methyl sites for hydroxylation is 1. The molecule has 0 bridgehead atoms. The Morgan fingerprint density at radius 3 is 3.05 bits per heavy atom. The second-order valence-corrected chi connectivity index (χ2v) is 5.26. The number of carbonyl (C=O) groups is 1. The Bertz CT molecular complexity index is 731. The van der Waals surface area contributed by atoms with E-state index in [-0.39, 0.29) is 18.0 Å². The fraction of sp³-hybridized carbons (Fsp3) is 0.143. The van der Waals surface area contributed by atoms with Crippen LogP contribution in [0.3, 0.4) is 0 Å². The van der Waals surface area contributed by atoms with Crippen LogP contribution in [0.4, 0.5) is 4.39 Å². The van der Waals surface area contributed by atoms with Crippen molar-refractivity contribution >= 4 is 22.1 Å². The van der Waals surface area contributed by atoms with E-state index in [0.29, 0.717) is 11.1 Å². The number of imidazole rings is 1. The minimum absolute atomic E-state index is 0.0474. The zero-order chi connectivity index (χ0) is 13.4. The van der Waals surface area contributed by atoms with E-state index in [1.165, 1.54) is 23.5 Å². The molecule has 0 unspecified atom stereocenters. The molecule has 0 aliphatic rings. The Morgan fingerprint density at radius 1 is 1.47 bits per heavy atom. The lowest BCUT2D eigenvalue weighted by Gasteiger charge is -2.01. The largest absolute Gasteiger partial charge is 0.297 e. The monoisotopic (exact) mass is 274 g/mol. The summed E-state index contributed by atoms with van der Waals surface area (Å²) in [5, 5.41) is 1.94. The van der Waals surface area contributed by atoms with E-state index >= 15 is 0 Å². The summed E-state index contributed by atoms with van der Waals surface area (Å²) in [5.74, 6) is -0.340. The van der Waals surface area contributed by atoms with E-state index in [0.717, 1.165) is 10.7 Å². The predicted octanol–water partition coefficient (Wildman–Crippen LogP) is 3.27. The van der Waals surface area contributed by atoms with Gasteiger partial charge in [0.05, 0.1) is 12.1 Å². The van der Waals surface area contributed by atoms with Gasteiger partial charge in [-0.15, -0.1) is 11.3 Å². The van der Waals surface area contributed by atoms with Crippen LogP contribution in [0.1, 0.15) is 21.6 Å². The van der Waals surface area contributed by atoms with E-state index < -0.39 is 0 Å². The van der Waals surface area contributed by atoms with E-state index in [1.807, 2.05) is 22.2 Å². The van der Waals surface area contributed by atoms with Crippen LogP contribution >= 0.6 is 11.3 Å². The molecule has 0 saturated heterocycles. The van der Waals surface area contributed by atoms with Crippen LogP contribution in [0.5, 0.6) is 0 Å². The van der Waals surface area contributed by atoms with Crippen molar-refractivity contribution < 1.29 is 9.18 Å². The smallest absolute Gasteiger partial charge is 0.193 e. The summed E-state index contributed by atoms with van der Waals surface area (Å²) in [6.07, 6.45) is 3.99. The summed E-state index contributed by atoms with van der Waals surface area (Å²) in [6.45, 7) is 1.65. The number of halogens is 1. The highest BCUT2D eigenvalue weighted by molar-refractivity contribution is 7.15. The zero-order valence-corrected chi connectivity index (χ0v) is 11.1. The van der Waals surface area contributed by atoms with Crippen LogP contribution in [-0.2, 0) is 6.42 Å². The summed E-state index contributed by atoms with van der Waals surface area (Å²) in [4.78, 5) is 17.3. The SMILES string of the molecule is Cc1cc(C(=O)Cc2cn3ccsc3n2)ccc1F. The number of ketones is 1. The molecule has 0 aliphatic heterocycles. The van der Waals surface area contributed by atoms with Gasteiger partial charge in [-0.05, 0) is 30.7 Å². The predicted molar refractivity (Wildman–Crippen MR) is 72.2 cm³/mol. The van der Waals surface area contributed by atoms with Gasteiger partial charge in [-0.1, -0.05) is 0 Å². The lowest BCUT2D eigenvalue weighted by molar-refractivity contribution is 0.0992. The van der Waals surface area contributed by atoms with Crippen LogP contribution in [0.15, 0.2) is 36.0 Å². The molecule has 0 aliphatic carbocycles.